The highest BCUT2D eigenvalue weighted by Gasteiger charge is 2.17. The van der Waals surface area contributed by atoms with Crippen molar-refractivity contribution in [1.82, 2.24) is 19.9 Å². The van der Waals surface area contributed by atoms with Gasteiger partial charge in [0, 0.05) is 45.1 Å². The number of imidazole rings is 1. The third kappa shape index (κ3) is 6.76. The quantitative estimate of drug-likeness (QED) is 0.123. The predicted molar refractivity (Wildman–Crippen MR) is 154 cm³/mol. The SMILES string of the molecule is CCCCc1nc2c(N)nc3ccccc3c2n1CCCCNC=O.Cc1ccc(N(C)C)c([N+](=O)[O-])c1. The fourth-order valence-corrected chi connectivity index (χ4v) is 4.39. The predicted octanol–water partition coefficient (Wildman–Crippen LogP) is 5.00. The van der Waals surface area contributed by atoms with E-state index in [9.17, 15) is 14.9 Å². The zero-order chi connectivity index (χ0) is 27.7. The zero-order valence-electron chi connectivity index (χ0n) is 22.6. The highest BCUT2D eigenvalue weighted by Crippen LogP contribution is 2.30. The Hall–Kier alpha value is -4.21. The average molecular weight is 520 g/mol. The molecule has 2 heterocycles. The van der Waals surface area contributed by atoms with Gasteiger partial charge >= 0.3 is 0 Å². The number of amides is 1. The summed E-state index contributed by atoms with van der Waals surface area (Å²) in [5, 5.41) is 14.5. The van der Waals surface area contributed by atoms with Crippen molar-refractivity contribution in [2.45, 2.75) is 52.5 Å². The molecule has 4 aromatic rings. The summed E-state index contributed by atoms with van der Waals surface area (Å²) >= 11 is 0. The second-order valence-corrected chi connectivity index (χ2v) is 9.42. The summed E-state index contributed by atoms with van der Waals surface area (Å²) in [6.45, 7) is 5.59. The van der Waals surface area contributed by atoms with Crippen molar-refractivity contribution in [2.75, 3.05) is 31.3 Å². The second-order valence-electron chi connectivity index (χ2n) is 9.42. The van der Waals surface area contributed by atoms with E-state index in [0.29, 0.717) is 18.1 Å². The van der Waals surface area contributed by atoms with Gasteiger partial charge in [-0.15, -0.1) is 0 Å². The van der Waals surface area contributed by atoms with Crippen molar-refractivity contribution in [2.24, 2.45) is 0 Å². The molecule has 0 saturated heterocycles. The first-order valence-corrected chi connectivity index (χ1v) is 12.9. The molecule has 10 nitrogen and oxygen atoms in total. The summed E-state index contributed by atoms with van der Waals surface area (Å²) in [5.74, 6) is 1.57. The molecule has 1 amide bonds. The Morgan fingerprint density at radius 3 is 2.58 bits per heavy atom. The molecular weight excluding hydrogens is 482 g/mol. The molecule has 2 aromatic heterocycles. The molecule has 4 rings (SSSR count). The second kappa shape index (κ2) is 13.4. The largest absolute Gasteiger partial charge is 0.382 e. The summed E-state index contributed by atoms with van der Waals surface area (Å²) < 4.78 is 2.30. The van der Waals surface area contributed by atoms with Crippen LogP contribution in [-0.4, -0.2) is 46.5 Å². The monoisotopic (exact) mass is 519 g/mol. The van der Waals surface area contributed by atoms with Crippen LogP contribution in [0.2, 0.25) is 0 Å². The molecule has 10 heteroatoms. The van der Waals surface area contributed by atoms with E-state index in [-0.39, 0.29) is 10.6 Å². The minimum Gasteiger partial charge on any atom is -0.382 e. The molecule has 2 aromatic carbocycles. The van der Waals surface area contributed by atoms with Gasteiger partial charge in [-0.05, 0) is 43.9 Å². The van der Waals surface area contributed by atoms with Gasteiger partial charge in [0.1, 0.15) is 17.0 Å². The van der Waals surface area contributed by atoms with Crippen LogP contribution < -0.4 is 16.0 Å². The molecular formula is C28H37N7O3. The molecule has 38 heavy (non-hydrogen) atoms. The number of hydrogen-bond donors (Lipinski definition) is 2. The lowest BCUT2D eigenvalue weighted by molar-refractivity contribution is -0.384. The number of nitrogens with two attached hydrogens (primary N) is 1. The van der Waals surface area contributed by atoms with Crippen LogP contribution in [0.25, 0.3) is 21.9 Å². The van der Waals surface area contributed by atoms with Gasteiger partial charge in [-0.3, -0.25) is 14.9 Å². The molecule has 3 N–H and O–H groups in total. The standard InChI is InChI=1S/C19H25N5O.C9H12N2O2/c1-2-3-10-16-23-17-18(24(16)12-7-6-11-21-13-25)14-8-4-5-9-15(14)22-19(17)20;1-7-4-5-8(10(2)3)9(6-7)11(12)13/h4-5,8-9,13H,2-3,6-7,10-12H2,1H3,(H2,20,22)(H,21,25);4-6H,1-3H3. The van der Waals surface area contributed by atoms with Gasteiger partial charge in [0.05, 0.1) is 16.0 Å². The third-order valence-corrected chi connectivity index (χ3v) is 6.29. The Balaban J connectivity index is 0.000000260. The van der Waals surface area contributed by atoms with Crippen LogP contribution in [0.15, 0.2) is 42.5 Å². The Labute approximate surface area is 223 Å². The number of anilines is 2. The lowest BCUT2D eigenvalue weighted by Gasteiger charge is -2.12. The fourth-order valence-electron chi connectivity index (χ4n) is 4.39. The maximum Gasteiger partial charge on any atom is 0.292 e. The van der Waals surface area contributed by atoms with E-state index in [2.05, 4.69) is 27.9 Å². The Bertz CT molecular complexity index is 1400. The van der Waals surface area contributed by atoms with Crippen molar-refractivity contribution >= 4 is 45.5 Å². The number of nitro benzene ring substituents is 1. The van der Waals surface area contributed by atoms with Gasteiger partial charge in [0.2, 0.25) is 6.41 Å². The first kappa shape index (κ1) is 28.4. The van der Waals surface area contributed by atoms with Crippen molar-refractivity contribution < 1.29 is 9.72 Å². The fraction of sp³-hybridized carbons (Fsp3) is 0.393. The number of unbranched alkanes of at least 4 members (excludes halogenated alkanes) is 2. The van der Waals surface area contributed by atoms with Crippen LogP contribution in [-0.2, 0) is 17.8 Å². The van der Waals surface area contributed by atoms with E-state index < -0.39 is 0 Å². The van der Waals surface area contributed by atoms with Gasteiger partial charge in [-0.25, -0.2) is 9.97 Å². The van der Waals surface area contributed by atoms with Crippen molar-refractivity contribution in [3.8, 4) is 0 Å². The highest BCUT2D eigenvalue weighted by atomic mass is 16.6. The molecule has 0 bridgehead atoms. The zero-order valence-corrected chi connectivity index (χ0v) is 22.6. The van der Waals surface area contributed by atoms with Crippen molar-refractivity contribution in [3.05, 3.63) is 64.0 Å². The number of nitrogens with zero attached hydrogens (tertiary/aromatic N) is 5. The molecule has 0 radical (unpaired) electrons. The Kier molecular flexibility index (Phi) is 9.98. The summed E-state index contributed by atoms with van der Waals surface area (Å²) in [6.07, 6.45) is 5.82. The number of fused-ring (bicyclic) bond motifs is 3. The van der Waals surface area contributed by atoms with Crippen molar-refractivity contribution in [1.29, 1.82) is 0 Å². The Morgan fingerprint density at radius 2 is 1.89 bits per heavy atom. The first-order valence-electron chi connectivity index (χ1n) is 12.9. The number of carbonyl (C=O) groups excluding carboxylic acids is 1. The van der Waals surface area contributed by atoms with E-state index in [4.69, 9.17) is 10.7 Å². The number of nitro groups is 1. The summed E-state index contributed by atoms with van der Waals surface area (Å²) in [6, 6.07) is 13.3. The number of hydrogen-bond acceptors (Lipinski definition) is 7. The van der Waals surface area contributed by atoms with E-state index >= 15 is 0 Å². The molecule has 202 valence electrons. The van der Waals surface area contributed by atoms with E-state index in [0.717, 1.165) is 78.4 Å². The number of benzene rings is 2. The number of nitrogen functional groups attached to an aromatic ring is 1. The lowest BCUT2D eigenvalue weighted by atomic mass is 10.2. The maximum absolute atomic E-state index is 10.7. The lowest BCUT2D eigenvalue weighted by Crippen LogP contribution is -2.13. The maximum atomic E-state index is 10.7. The van der Waals surface area contributed by atoms with Crippen LogP contribution in [0.1, 0.15) is 44.0 Å². The minimum absolute atomic E-state index is 0.157. The van der Waals surface area contributed by atoms with E-state index in [1.807, 2.05) is 31.2 Å². The molecule has 0 fully saturated rings. The van der Waals surface area contributed by atoms with Gasteiger partial charge in [0.25, 0.3) is 5.69 Å². The topological polar surface area (TPSA) is 132 Å². The number of aryl methyl sites for hydroxylation is 3. The number of pyridine rings is 1. The van der Waals surface area contributed by atoms with E-state index in [1.165, 1.54) is 0 Å². The number of carbonyl (C=O) groups is 1. The van der Waals surface area contributed by atoms with Gasteiger partial charge < -0.3 is 20.5 Å². The minimum atomic E-state index is -0.359. The highest BCUT2D eigenvalue weighted by molar-refractivity contribution is 6.06. The number of aromatic nitrogens is 3. The molecule has 0 aliphatic heterocycles. The normalized spacial score (nSPS) is 10.7. The molecule has 0 aliphatic carbocycles. The number of para-hydroxylation sites is 1. The average Bonchev–Trinajstić information content (AvgIpc) is 3.26. The molecule has 0 saturated carbocycles. The van der Waals surface area contributed by atoms with Gasteiger partial charge in [0.15, 0.2) is 5.82 Å². The van der Waals surface area contributed by atoms with Crippen LogP contribution in [0, 0.1) is 17.0 Å². The third-order valence-electron chi connectivity index (χ3n) is 6.29. The Morgan fingerprint density at radius 1 is 1.13 bits per heavy atom. The van der Waals surface area contributed by atoms with Crippen LogP contribution >= 0.6 is 0 Å². The van der Waals surface area contributed by atoms with Gasteiger partial charge in [-0.1, -0.05) is 37.6 Å². The summed E-state index contributed by atoms with van der Waals surface area (Å²) in [4.78, 5) is 31.7. The van der Waals surface area contributed by atoms with Gasteiger partial charge in [-0.2, -0.15) is 0 Å². The summed E-state index contributed by atoms with van der Waals surface area (Å²) in [7, 11) is 3.58. The smallest absolute Gasteiger partial charge is 0.292 e. The first-order chi connectivity index (χ1) is 18.3. The summed E-state index contributed by atoms with van der Waals surface area (Å²) in [5.41, 5.74) is 10.7. The van der Waals surface area contributed by atoms with Crippen LogP contribution in [0.4, 0.5) is 17.2 Å². The number of nitrogens with one attached hydrogen (secondary N) is 1. The molecule has 0 atom stereocenters. The van der Waals surface area contributed by atoms with E-state index in [1.54, 1.807) is 31.1 Å². The van der Waals surface area contributed by atoms with Crippen molar-refractivity contribution in [3.63, 3.8) is 0 Å². The van der Waals surface area contributed by atoms with Crippen LogP contribution in [0.5, 0.6) is 0 Å². The molecule has 0 unspecified atom stereocenters. The molecule has 0 aliphatic rings. The number of rotatable bonds is 11. The molecule has 0 spiro atoms. The van der Waals surface area contributed by atoms with Crippen LogP contribution in [0.3, 0.4) is 0 Å².